The molecular weight excluding hydrogens is 531 g/mol. The molecule has 26 heavy (non-hydrogen) atoms. The van der Waals surface area contributed by atoms with Gasteiger partial charge >= 0.3 is 6.18 Å². The molecule has 0 radical (unpaired) electrons. The van der Waals surface area contributed by atoms with E-state index in [0.29, 0.717) is 26.1 Å². The van der Waals surface area contributed by atoms with Gasteiger partial charge in [-0.1, -0.05) is 0 Å². The van der Waals surface area contributed by atoms with Gasteiger partial charge in [0.05, 0.1) is 11.9 Å². The molecule has 0 aliphatic heterocycles. The molecule has 3 rings (SSSR count). The highest BCUT2D eigenvalue weighted by Gasteiger charge is 2.35. The zero-order chi connectivity index (χ0) is 19.1. The Hall–Kier alpha value is -1.43. The Bertz CT molecular complexity index is 948. The summed E-state index contributed by atoms with van der Waals surface area (Å²) in [5.41, 5.74) is 0.459. The molecule has 0 atom stereocenters. The lowest BCUT2D eigenvalue weighted by atomic mass is 10.2. The van der Waals surface area contributed by atoms with E-state index >= 15 is 0 Å². The predicted molar refractivity (Wildman–Crippen MR) is 99.6 cm³/mol. The highest BCUT2D eigenvalue weighted by molar-refractivity contribution is 14.1. The van der Waals surface area contributed by atoms with Crippen LogP contribution >= 0.6 is 38.5 Å². The molecule has 138 valence electrons. The monoisotopic (exact) mass is 542 g/mol. The van der Waals surface area contributed by atoms with Crippen molar-refractivity contribution in [1.82, 2.24) is 19.6 Å². The van der Waals surface area contributed by atoms with Crippen LogP contribution in [-0.2, 0) is 19.1 Å². The molecule has 0 fully saturated rings. The average molecular weight is 543 g/mol. The molecule has 4 nitrogen and oxygen atoms in total. The lowest BCUT2D eigenvalue weighted by Crippen LogP contribution is -2.09. The van der Waals surface area contributed by atoms with Crippen LogP contribution in [0.15, 0.2) is 35.1 Å². The molecular formula is C16H12BrF4IN4. The van der Waals surface area contributed by atoms with Gasteiger partial charge in [-0.25, -0.2) is 9.07 Å². The number of benzene rings is 1. The molecule has 0 saturated heterocycles. The summed E-state index contributed by atoms with van der Waals surface area (Å²) in [6.07, 6.45) is -2.78. The molecule has 1 aromatic carbocycles. The summed E-state index contributed by atoms with van der Waals surface area (Å²) in [4.78, 5) is 0. The number of alkyl halides is 3. The quantitative estimate of drug-likeness (QED) is 0.335. The van der Waals surface area contributed by atoms with Crippen LogP contribution in [0.4, 0.5) is 17.6 Å². The highest BCUT2D eigenvalue weighted by Crippen LogP contribution is 2.32. The van der Waals surface area contributed by atoms with E-state index in [-0.39, 0.29) is 6.42 Å². The van der Waals surface area contributed by atoms with Gasteiger partial charge in [-0.2, -0.15) is 23.4 Å². The Morgan fingerprint density at radius 2 is 1.96 bits per heavy atom. The van der Waals surface area contributed by atoms with Crippen molar-refractivity contribution in [2.45, 2.75) is 26.1 Å². The second-order valence-electron chi connectivity index (χ2n) is 5.48. The van der Waals surface area contributed by atoms with Crippen molar-refractivity contribution in [3.05, 3.63) is 61.4 Å². The van der Waals surface area contributed by atoms with E-state index in [9.17, 15) is 17.6 Å². The molecule has 0 saturated carbocycles. The maximum Gasteiger partial charge on any atom is 0.435 e. The largest absolute Gasteiger partial charge is 0.435 e. The normalized spacial score (nSPS) is 12.0. The Kier molecular flexibility index (Phi) is 5.42. The summed E-state index contributed by atoms with van der Waals surface area (Å²) in [5.74, 6) is -0.463. The third-order valence-corrected chi connectivity index (χ3v) is 5.51. The Balaban J connectivity index is 2.11. The molecule has 0 amide bonds. The van der Waals surface area contributed by atoms with Crippen molar-refractivity contribution in [1.29, 1.82) is 0 Å². The van der Waals surface area contributed by atoms with Gasteiger partial charge in [-0.15, -0.1) is 0 Å². The SMILES string of the molecule is CCn1ncc(Cc2cc(C(F)(F)F)nn2-c2ccc(F)cc2I)c1Br. The Labute approximate surface area is 168 Å². The van der Waals surface area contributed by atoms with Gasteiger partial charge in [0.25, 0.3) is 0 Å². The zero-order valence-corrected chi connectivity index (χ0v) is 17.1. The van der Waals surface area contributed by atoms with Crippen LogP contribution in [0.2, 0.25) is 0 Å². The standard InChI is InChI=1S/C16H12BrF4IN4/c1-2-25-15(17)9(8-23-25)5-11-7-14(16(19,20)21)24-26(11)13-4-3-10(18)6-12(13)22/h3-4,6-8H,2,5H2,1H3. The number of halogens is 6. The highest BCUT2D eigenvalue weighted by atomic mass is 127. The Morgan fingerprint density at radius 3 is 2.54 bits per heavy atom. The van der Waals surface area contributed by atoms with Gasteiger partial charge in [0.2, 0.25) is 0 Å². The second kappa shape index (κ2) is 7.29. The van der Waals surface area contributed by atoms with Crippen molar-refractivity contribution < 1.29 is 17.6 Å². The molecule has 0 N–H and O–H groups in total. The van der Waals surface area contributed by atoms with Gasteiger partial charge in [0.1, 0.15) is 10.4 Å². The lowest BCUT2D eigenvalue weighted by Gasteiger charge is -2.09. The summed E-state index contributed by atoms with van der Waals surface area (Å²) in [5, 5.41) is 7.90. The fraction of sp³-hybridized carbons (Fsp3) is 0.250. The maximum absolute atomic E-state index is 13.4. The number of hydrogen-bond acceptors (Lipinski definition) is 2. The fourth-order valence-electron chi connectivity index (χ4n) is 2.49. The molecule has 0 unspecified atom stereocenters. The maximum atomic E-state index is 13.4. The van der Waals surface area contributed by atoms with E-state index in [2.05, 4.69) is 26.1 Å². The van der Waals surface area contributed by atoms with E-state index in [1.54, 1.807) is 10.9 Å². The van der Waals surface area contributed by atoms with Gasteiger partial charge in [0.15, 0.2) is 5.69 Å². The van der Waals surface area contributed by atoms with Crippen LogP contribution < -0.4 is 0 Å². The molecule has 0 aliphatic carbocycles. The third kappa shape index (κ3) is 3.80. The second-order valence-corrected chi connectivity index (χ2v) is 7.39. The number of nitrogens with zero attached hydrogens (tertiary/aromatic N) is 4. The zero-order valence-electron chi connectivity index (χ0n) is 13.4. The number of aromatic nitrogens is 4. The topological polar surface area (TPSA) is 35.6 Å². The van der Waals surface area contributed by atoms with Gasteiger partial charge in [0, 0.05) is 27.8 Å². The summed E-state index contributed by atoms with van der Waals surface area (Å²) in [7, 11) is 0. The minimum absolute atomic E-state index is 0.192. The summed E-state index contributed by atoms with van der Waals surface area (Å²) < 4.78 is 57.0. The summed E-state index contributed by atoms with van der Waals surface area (Å²) in [6.45, 7) is 2.54. The summed E-state index contributed by atoms with van der Waals surface area (Å²) >= 11 is 5.29. The molecule has 3 aromatic rings. The number of hydrogen-bond donors (Lipinski definition) is 0. The minimum Gasteiger partial charge on any atom is -0.258 e. The smallest absolute Gasteiger partial charge is 0.258 e. The van der Waals surface area contributed by atoms with Crippen molar-refractivity contribution in [2.24, 2.45) is 0 Å². The van der Waals surface area contributed by atoms with Crippen molar-refractivity contribution >= 4 is 38.5 Å². The first kappa shape index (κ1) is 19.3. The number of aryl methyl sites for hydroxylation is 1. The Morgan fingerprint density at radius 1 is 1.23 bits per heavy atom. The van der Waals surface area contributed by atoms with Gasteiger partial charge in [-0.05, 0) is 69.7 Å². The van der Waals surface area contributed by atoms with Crippen molar-refractivity contribution in [3.63, 3.8) is 0 Å². The van der Waals surface area contributed by atoms with Crippen LogP contribution in [0.25, 0.3) is 5.69 Å². The molecule has 0 aliphatic rings. The molecule has 2 heterocycles. The first-order valence-corrected chi connectivity index (χ1v) is 9.39. The van der Waals surface area contributed by atoms with Crippen LogP contribution in [0.1, 0.15) is 23.9 Å². The predicted octanol–water partition coefficient (Wildman–Crippen LogP) is 5.20. The molecule has 0 bridgehead atoms. The third-order valence-electron chi connectivity index (χ3n) is 3.73. The van der Waals surface area contributed by atoms with Crippen LogP contribution in [0.5, 0.6) is 0 Å². The van der Waals surface area contributed by atoms with Crippen LogP contribution in [-0.4, -0.2) is 19.6 Å². The van der Waals surface area contributed by atoms with Crippen molar-refractivity contribution in [2.75, 3.05) is 0 Å². The lowest BCUT2D eigenvalue weighted by molar-refractivity contribution is -0.141. The van der Waals surface area contributed by atoms with E-state index in [1.807, 2.05) is 29.5 Å². The van der Waals surface area contributed by atoms with E-state index in [4.69, 9.17) is 0 Å². The van der Waals surface area contributed by atoms with Gasteiger partial charge in [-0.3, -0.25) is 4.68 Å². The number of rotatable bonds is 4. The van der Waals surface area contributed by atoms with E-state index in [1.165, 1.54) is 22.9 Å². The summed E-state index contributed by atoms with van der Waals surface area (Å²) in [6, 6.07) is 4.87. The first-order chi connectivity index (χ1) is 12.2. The molecule has 2 aromatic heterocycles. The first-order valence-electron chi connectivity index (χ1n) is 7.52. The van der Waals surface area contributed by atoms with E-state index in [0.717, 1.165) is 11.6 Å². The van der Waals surface area contributed by atoms with E-state index < -0.39 is 17.7 Å². The molecule has 10 heteroatoms. The van der Waals surface area contributed by atoms with Crippen LogP contribution in [0, 0.1) is 9.39 Å². The van der Waals surface area contributed by atoms with Crippen molar-refractivity contribution in [3.8, 4) is 5.69 Å². The minimum atomic E-state index is -4.57. The van der Waals surface area contributed by atoms with Gasteiger partial charge < -0.3 is 0 Å². The molecule has 0 spiro atoms. The average Bonchev–Trinajstić information content (AvgIpc) is 3.12. The fourth-order valence-corrected chi connectivity index (χ4v) is 3.78. The van der Waals surface area contributed by atoms with Crippen LogP contribution in [0.3, 0.4) is 0 Å².